The van der Waals surface area contributed by atoms with Crippen molar-refractivity contribution in [2.45, 2.75) is 13.3 Å². The Labute approximate surface area is 92.5 Å². The average molecular weight is 217 g/mol. The van der Waals surface area contributed by atoms with Crippen molar-refractivity contribution in [3.63, 3.8) is 0 Å². The molecular weight excluding hydrogens is 206 g/mol. The van der Waals surface area contributed by atoms with E-state index in [1.807, 2.05) is 37.3 Å². The van der Waals surface area contributed by atoms with Crippen molar-refractivity contribution >= 4 is 5.69 Å². The van der Waals surface area contributed by atoms with E-state index >= 15 is 0 Å². The Bertz CT molecular complexity index is 505. The molecule has 1 aromatic carbocycles. The molecule has 0 atom stereocenters. The van der Waals surface area contributed by atoms with Crippen molar-refractivity contribution in [2.75, 3.05) is 0 Å². The molecule has 0 spiro atoms. The first-order valence-corrected chi connectivity index (χ1v) is 5.00. The zero-order chi connectivity index (χ0) is 11.5. The summed E-state index contributed by atoms with van der Waals surface area (Å²) in [7, 11) is 0. The monoisotopic (exact) mass is 217 g/mol. The number of hydrogen-bond donors (Lipinski definition) is 0. The Morgan fingerprint density at radius 1 is 1.38 bits per heavy atom. The fraction of sp³-hybridized carbons (Fsp3) is 0.182. The van der Waals surface area contributed by atoms with Crippen LogP contribution in [0, 0.1) is 10.1 Å². The van der Waals surface area contributed by atoms with Crippen LogP contribution in [0.15, 0.2) is 36.5 Å². The van der Waals surface area contributed by atoms with Crippen LogP contribution in [0.2, 0.25) is 0 Å². The van der Waals surface area contributed by atoms with Crippen LogP contribution >= 0.6 is 0 Å². The standard InChI is InChI=1S/C11H11N3O2/c1-2-10-11(14(15)16)8-13(12-10)9-6-4-3-5-7-9/h3-8H,2H2,1H3. The Morgan fingerprint density at radius 3 is 2.56 bits per heavy atom. The summed E-state index contributed by atoms with van der Waals surface area (Å²) >= 11 is 0. The Hall–Kier alpha value is -2.17. The maximum absolute atomic E-state index is 10.8. The molecule has 0 aliphatic rings. The first-order chi connectivity index (χ1) is 7.72. The van der Waals surface area contributed by atoms with E-state index in [0.29, 0.717) is 12.1 Å². The fourth-order valence-corrected chi connectivity index (χ4v) is 1.52. The zero-order valence-electron chi connectivity index (χ0n) is 8.83. The number of hydrogen-bond acceptors (Lipinski definition) is 3. The van der Waals surface area contributed by atoms with Crippen LogP contribution in [0.25, 0.3) is 5.69 Å². The van der Waals surface area contributed by atoms with Gasteiger partial charge in [0.2, 0.25) is 0 Å². The Kier molecular flexibility index (Phi) is 2.68. The van der Waals surface area contributed by atoms with Crippen molar-refractivity contribution in [2.24, 2.45) is 0 Å². The molecule has 2 aromatic rings. The number of aromatic nitrogens is 2. The van der Waals surface area contributed by atoms with Crippen LogP contribution in [0.1, 0.15) is 12.6 Å². The Morgan fingerprint density at radius 2 is 2.06 bits per heavy atom. The molecule has 16 heavy (non-hydrogen) atoms. The van der Waals surface area contributed by atoms with Gasteiger partial charge >= 0.3 is 5.69 Å². The van der Waals surface area contributed by atoms with Gasteiger partial charge in [0, 0.05) is 0 Å². The first-order valence-electron chi connectivity index (χ1n) is 5.00. The van der Waals surface area contributed by atoms with Gasteiger partial charge in [0.05, 0.1) is 10.6 Å². The number of para-hydroxylation sites is 1. The van der Waals surface area contributed by atoms with Crippen LogP contribution in [0.3, 0.4) is 0 Å². The van der Waals surface area contributed by atoms with Gasteiger partial charge < -0.3 is 0 Å². The summed E-state index contributed by atoms with van der Waals surface area (Å²) in [6.07, 6.45) is 2.00. The molecule has 1 heterocycles. The SMILES string of the molecule is CCc1nn(-c2ccccc2)cc1[N+](=O)[O-]. The second-order valence-electron chi connectivity index (χ2n) is 3.35. The molecule has 2 rings (SSSR count). The van der Waals surface area contributed by atoms with Gasteiger partial charge in [-0.1, -0.05) is 25.1 Å². The molecule has 0 unspecified atom stereocenters. The summed E-state index contributed by atoms with van der Waals surface area (Å²) in [5.74, 6) is 0. The molecule has 0 amide bonds. The molecule has 0 radical (unpaired) electrons. The van der Waals surface area contributed by atoms with Crippen molar-refractivity contribution in [1.29, 1.82) is 0 Å². The van der Waals surface area contributed by atoms with Crippen LogP contribution in [-0.4, -0.2) is 14.7 Å². The van der Waals surface area contributed by atoms with Gasteiger partial charge in [0.1, 0.15) is 11.9 Å². The van der Waals surface area contributed by atoms with E-state index in [4.69, 9.17) is 0 Å². The molecule has 5 heteroatoms. The van der Waals surface area contributed by atoms with Gasteiger partial charge in [-0.05, 0) is 18.6 Å². The summed E-state index contributed by atoms with van der Waals surface area (Å²) in [6, 6.07) is 9.34. The number of benzene rings is 1. The molecule has 5 nitrogen and oxygen atoms in total. The zero-order valence-corrected chi connectivity index (χ0v) is 8.83. The van der Waals surface area contributed by atoms with Gasteiger partial charge in [-0.15, -0.1) is 0 Å². The van der Waals surface area contributed by atoms with Crippen molar-refractivity contribution in [3.8, 4) is 5.69 Å². The van der Waals surface area contributed by atoms with Crippen molar-refractivity contribution < 1.29 is 4.92 Å². The fourth-order valence-electron chi connectivity index (χ4n) is 1.52. The predicted octanol–water partition coefficient (Wildman–Crippen LogP) is 2.34. The number of nitrogens with zero attached hydrogens (tertiary/aromatic N) is 3. The predicted molar refractivity (Wildman–Crippen MR) is 59.6 cm³/mol. The minimum Gasteiger partial charge on any atom is -0.258 e. The van der Waals surface area contributed by atoms with E-state index in [2.05, 4.69) is 5.10 Å². The maximum Gasteiger partial charge on any atom is 0.310 e. The summed E-state index contributed by atoms with van der Waals surface area (Å²) in [4.78, 5) is 10.4. The van der Waals surface area contributed by atoms with E-state index in [0.717, 1.165) is 5.69 Å². The number of nitro groups is 1. The van der Waals surface area contributed by atoms with E-state index in [1.165, 1.54) is 10.9 Å². The van der Waals surface area contributed by atoms with Crippen LogP contribution < -0.4 is 0 Å². The maximum atomic E-state index is 10.8. The molecule has 0 N–H and O–H groups in total. The molecule has 0 aliphatic heterocycles. The second-order valence-corrected chi connectivity index (χ2v) is 3.35. The second kappa shape index (κ2) is 4.14. The molecule has 0 saturated carbocycles. The number of rotatable bonds is 3. The minimum atomic E-state index is -0.398. The lowest BCUT2D eigenvalue weighted by Crippen LogP contribution is -1.94. The molecular formula is C11H11N3O2. The molecule has 0 saturated heterocycles. The highest BCUT2D eigenvalue weighted by molar-refractivity contribution is 5.39. The highest BCUT2D eigenvalue weighted by atomic mass is 16.6. The van der Waals surface area contributed by atoms with Crippen LogP contribution in [0.5, 0.6) is 0 Å². The van der Waals surface area contributed by atoms with Crippen molar-refractivity contribution in [3.05, 3.63) is 52.3 Å². The molecule has 0 aliphatic carbocycles. The first kappa shape index (κ1) is 10.4. The normalized spacial score (nSPS) is 10.3. The lowest BCUT2D eigenvalue weighted by molar-refractivity contribution is -0.385. The lowest BCUT2D eigenvalue weighted by Gasteiger charge is -1.97. The van der Waals surface area contributed by atoms with E-state index < -0.39 is 4.92 Å². The quantitative estimate of drug-likeness (QED) is 0.585. The lowest BCUT2D eigenvalue weighted by atomic mass is 10.3. The van der Waals surface area contributed by atoms with Gasteiger partial charge in [-0.25, -0.2) is 4.68 Å². The van der Waals surface area contributed by atoms with E-state index in [-0.39, 0.29) is 5.69 Å². The molecule has 82 valence electrons. The number of aryl methyl sites for hydroxylation is 1. The highest BCUT2D eigenvalue weighted by Gasteiger charge is 2.17. The molecule has 0 bridgehead atoms. The summed E-state index contributed by atoms with van der Waals surface area (Å²) < 4.78 is 1.54. The smallest absolute Gasteiger partial charge is 0.258 e. The van der Waals surface area contributed by atoms with Gasteiger partial charge in [0.25, 0.3) is 0 Å². The van der Waals surface area contributed by atoms with Crippen LogP contribution in [-0.2, 0) is 6.42 Å². The van der Waals surface area contributed by atoms with Gasteiger partial charge in [-0.2, -0.15) is 5.10 Å². The largest absolute Gasteiger partial charge is 0.310 e. The summed E-state index contributed by atoms with van der Waals surface area (Å²) in [5, 5.41) is 15.0. The summed E-state index contributed by atoms with van der Waals surface area (Å²) in [5.41, 5.74) is 1.41. The third-order valence-corrected chi connectivity index (χ3v) is 2.32. The minimum absolute atomic E-state index is 0.0753. The summed E-state index contributed by atoms with van der Waals surface area (Å²) in [6.45, 7) is 1.85. The van der Waals surface area contributed by atoms with Gasteiger partial charge in [0.15, 0.2) is 0 Å². The third kappa shape index (κ3) is 1.79. The average Bonchev–Trinajstić information content (AvgIpc) is 2.74. The third-order valence-electron chi connectivity index (χ3n) is 2.32. The molecule has 0 fully saturated rings. The van der Waals surface area contributed by atoms with Crippen LogP contribution in [0.4, 0.5) is 5.69 Å². The Balaban J connectivity index is 2.48. The molecule has 1 aromatic heterocycles. The van der Waals surface area contributed by atoms with E-state index in [1.54, 1.807) is 0 Å². The topological polar surface area (TPSA) is 61.0 Å². The van der Waals surface area contributed by atoms with E-state index in [9.17, 15) is 10.1 Å². The highest BCUT2D eigenvalue weighted by Crippen LogP contribution is 2.19. The van der Waals surface area contributed by atoms with Crippen molar-refractivity contribution in [1.82, 2.24) is 9.78 Å². The van der Waals surface area contributed by atoms with Gasteiger partial charge in [-0.3, -0.25) is 10.1 Å².